The van der Waals surface area contributed by atoms with Crippen molar-refractivity contribution in [3.05, 3.63) is 52.3 Å². The first-order valence-corrected chi connectivity index (χ1v) is 7.39. The zero-order chi connectivity index (χ0) is 15.8. The highest BCUT2D eigenvalue weighted by Gasteiger charge is 2.04. The van der Waals surface area contributed by atoms with E-state index in [1.807, 2.05) is 43.3 Å². The molecule has 0 atom stereocenters. The molecule has 2 N–H and O–H groups in total. The molecule has 0 spiro atoms. The number of rotatable bonds is 8. The van der Waals surface area contributed by atoms with Gasteiger partial charge in [-0.2, -0.15) is 0 Å². The van der Waals surface area contributed by atoms with E-state index in [9.17, 15) is 4.79 Å². The molecule has 22 heavy (non-hydrogen) atoms. The molecule has 0 aliphatic heterocycles. The Kier molecular flexibility index (Phi) is 6.18. The van der Waals surface area contributed by atoms with Gasteiger partial charge in [-0.1, -0.05) is 18.2 Å². The van der Waals surface area contributed by atoms with Gasteiger partial charge in [0.25, 0.3) is 5.56 Å². The number of hydrogen-bond donors (Lipinski definition) is 2. The van der Waals surface area contributed by atoms with Crippen molar-refractivity contribution in [2.75, 3.05) is 26.9 Å². The maximum Gasteiger partial charge on any atom is 0.252 e. The standard InChI is InChI=1S/C17H22N2O3/c1-3-22-15-6-4-5-13(11-15)16-8-7-14(17(20)19-16)12-18-9-10-21-2/h4-8,11,18H,3,9-10,12H2,1-2H3,(H,19,20). The molecule has 118 valence electrons. The summed E-state index contributed by atoms with van der Waals surface area (Å²) in [4.78, 5) is 15.0. The molecule has 0 fully saturated rings. The van der Waals surface area contributed by atoms with Crippen molar-refractivity contribution in [2.24, 2.45) is 0 Å². The molecule has 0 saturated heterocycles. The average Bonchev–Trinajstić information content (AvgIpc) is 2.53. The summed E-state index contributed by atoms with van der Waals surface area (Å²) in [7, 11) is 1.65. The lowest BCUT2D eigenvalue weighted by molar-refractivity contribution is 0.199. The topological polar surface area (TPSA) is 63.4 Å². The zero-order valence-corrected chi connectivity index (χ0v) is 13.0. The molecule has 0 saturated carbocycles. The first-order chi connectivity index (χ1) is 10.7. The van der Waals surface area contributed by atoms with Crippen LogP contribution < -0.4 is 15.6 Å². The Bertz CT molecular complexity index is 652. The van der Waals surface area contributed by atoms with E-state index in [0.717, 1.165) is 17.0 Å². The van der Waals surface area contributed by atoms with Gasteiger partial charge in [-0.05, 0) is 25.1 Å². The molecule has 0 aliphatic rings. The number of H-pyrrole nitrogens is 1. The van der Waals surface area contributed by atoms with Crippen molar-refractivity contribution in [3.8, 4) is 17.0 Å². The van der Waals surface area contributed by atoms with Crippen LogP contribution in [0.5, 0.6) is 5.75 Å². The summed E-state index contributed by atoms with van der Waals surface area (Å²) >= 11 is 0. The molecule has 5 heteroatoms. The zero-order valence-electron chi connectivity index (χ0n) is 13.0. The van der Waals surface area contributed by atoms with E-state index >= 15 is 0 Å². The highest BCUT2D eigenvalue weighted by molar-refractivity contribution is 5.61. The van der Waals surface area contributed by atoms with Gasteiger partial charge in [-0.25, -0.2) is 0 Å². The van der Waals surface area contributed by atoms with E-state index in [2.05, 4.69) is 10.3 Å². The fourth-order valence-electron chi connectivity index (χ4n) is 2.13. The predicted octanol–water partition coefficient (Wildman–Crippen LogP) is 2.18. The Morgan fingerprint density at radius 3 is 2.82 bits per heavy atom. The maximum absolute atomic E-state index is 12.1. The third-order valence-corrected chi connectivity index (χ3v) is 3.25. The Morgan fingerprint density at radius 2 is 2.09 bits per heavy atom. The van der Waals surface area contributed by atoms with Crippen molar-refractivity contribution in [1.29, 1.82) is 0 Å². The molecule has 1 aromatic heterocycles. The molecule has 0 amide bonds. The summed E-state index contributed by atoms with van der Waals surface area (Å²) in [5.74, 6) is 0.797. The van der Waals surface area contributed by atoms with E-state index in [1.165, 1.54) is 0 Å². The van der Waals surface area contributed by atoms with Gasteiger partial charge in [0.15, 0.2) is 0 Å². The van der Waals surface area contributed by atoms with E-state index in [-0.39, 0.29) is 5.56 Å². The van der Waals surface area contributed by atoms with Crippen LogP contribution in [-0.4, -0.2) is 31.9 Å². The number of aromatic nitrogens is 1. The van der Waals surface area contributed by atoms with Crippen LogP contribution in [0.1, 0.15) is 12.5 Å². The monoisotopic (exact) mass is 302 g/mol. The predicted molar refractivity (Wildman–Crippen MR) is 87.3 cm³/mol. The number of nitrogens with one attached hydrogen (secondary N) is 2. The number of ether oxygens (including phenoxy) is 2. The Hall–Kier alpha value is -2.11. The lowest BCUT2D eigenvalue weighted by atomic mass is 10.1. The lowest BCUT2D eigenvalue weighted by Gasteiger charge is -2.08. The minimum atomic E-state index is -0.0794. The van der Waals surface area contributed by atoms with Crippen LogP contribution in [0.2, 0.25) is 0 Å². The van der Waals surface area contributed by atoms with Gasteiger partial charge in [0.05, 0.1) is 13.2 Å². The molecular weight excluding hydrogens is 280 g/mol. The van der Waals surface area contributed by atoms with Crippen molar-refractivity contribution < 1.29 is 9.47 Å². The summed E-state index contributed by atoms with van der Waals surface area (Å²) in [6, 6.07) is 11.5. The largest absolute Gasteiger partial charge is 0.494 e. The van der Waals surface area contributed by atoms with Crippen molar-refractivity contribution in [3.63, 3.8) is 0 Å². The molecular formula is C17H22N2O3. The lowest BCUT2D eigenvalue weighted by Crippen LogP contribution is -2.23. The second-order valence-corrected chi connectivity index (χ2v) is 4.86. The number of aromatic amines is 1. The third kappa shape index (κ3) is 4.44. The van der Waals surface area contributed by atoms with E-state index < -0.39 is 0 Å². The second kappa shape index (κ2) is 8.36. The van der Waals surface area contributed by atoms with Gasteiger partial charge >= 0.3 is 0 Å². The van der Waals surface area contributed by atoms with Crippen LogP contribution >= 0.6 is 0 Å². The Morgan fingerprint density at radius 1 is 1.23 bits per heavy atom. The van der Waals surface area contributed by atoms with Crippen LogP contribution in [0.4, 0.5) is 0 Å². The van der Waals surface area contributed by atoms with Gasteiger partial charge in [0.2, 0.25) is 0 Å². The quantitative estimate of drug-likeness (QED) is 0.734. The van der Waals surface area contributed by atoms with Gasteiger partial charge in [0, 0.05) is 37.0 Å². The molecule has 2 rings (SSSR count). The fourth-order valence-corrected chi connectivity index (χ4v) is 2.13. The van der Waals surface area contributed by atoms with Gasteiger partial charge in [-0.15, -0.1) is 0 Å². The minimum absolute atomic E-state index is 0.0794. The number of hydrogen-bond acceptors (Lipinski definition) is 4. The summed E-state index contributed by atoms with van der Waals surface area (Å²) in [5, 5.41) is 3.16. The molecule has 0 unspecified atom stereocenters. The highest BCUT2D eigenvalue weighted by Crippen LogP contribution is 2.21. The van der Waals surface area contributed by atoms with Crippen molar-refractivity contribution >= 4 is 0 Å². The third-order valence-electron chi connectivity index (χ3n) is 3.25. The minimum Gasteiger partial charge on any atom is -0.494 e. The first-order valence-electron chi connectivity index (χ1n) is 7.39. The molecule has 0 bridgehead atoms. The van der Waals surface area contributed by atoms with Gasteiger partial charge in [-0.3, -0.25) is 4.79 Å². The normalized spacial score (nSPS) is 10.6. The molecule has 5 nitrogen and oxygen atoms in total. The second-order valence-electron chi connectivity index (χ2n) is 4.86. The van der Waals surface area contributed by atoms with E-state index in [0.29, 0.717) is 31.9 Å². The molecule has 1 aromatic carbocycles. The summed E-state index contributed by atoms with van der Waals surface area (Å²) in [6.45, 7) is 4.43. The van der Waals surface area contributed by atoms with Crippen molar-refractivity contribution in [1.82, 2.24) is 10.3 Å². The Balaban J connectivity index is 2.11. The van der Waals surface area contributed by atoms with Crippen LogP contribution in [-0.2, 0) is 11.3 Å². The highest BCUT2D eigenvalue weighted by atomic mass is 16.5. The molecule has 1 heterocycles. The van der Waals surface area contributed by atoms with E-state index in [4.69, 9.17) is 9.47 Å². The summed E-state index contributed by atoms with van der Waals surface area (Å²) in [6.07, 6.45) is 0. The Labute approximate surface area is 130 Å². The number of methoxy groups -OCH3 is 1. The van der Waals surface area contributed by atoms with Crippen LogP contribution in [0.15, 0.2) is 41.2 Å². The number of pyridine rings is 1. The maximum atomic E-state index is 12.1. The average molecular weight is 302 g/mol. The molecule has 0 radical (unpaired) electrons. The molecule has 0 aliphatic carbocycles. The summed E-state index contributed by atoms with van der Waals surface area (Å²) in [5.41, 5.74) is 2.35. The summed E-state index contributed by atoms with van der Waals surface area (Å²) < 4.78 is 10.4. The van der Waals surface area contributed by atoms with Crippen LogP contribution in [0.3, 0.4) is 0 Å². The fraction of sp³-hybridized carbons (Fsp3) is 0.353. The van der Waals surface area contributed by atoms with E-state index in [1.54, 1.807) is 7.11 Å². The first kappa shape index (κ1) is 16.3. The smallest absolute Gasteiger partial charge is 0.252 e. The SMILES string of the molecule is CCOc1cccc(-c2ccc(CNCCOC)c(=O)[nH]2)c1. The molecule has 2 aromatic rings. The van der Waals surface area contributed by atoms with Crippen molar-refractivity contribution in [2.45, 2.75) is 13.5 Å². The van der Waals surface area contributed by atoms with Crippen LogP contribution in [0.25, 0.3) is 11.3 Å². The van der Waals surface area contributed by atoms with Gasteiger partial charge in [0.1, 0.15) is 5.75 Å². The van der Waals surface area contributed by atoms with Gasteiger partial charge < -0.3 is 19.8 Å². The number of benzene rings is 1. The van der Waals surface area contributed by atoms with Crippen LogP contribution in [0, 0.1) is 0 Å².